The van der Waals surface area contributed by atoms with Crippen LogP contribution in [0.1, 0.15) is 31.1 Å². The quantitative estimate of drug-likeness (QED) is 0.809. The zero-order chi connectivity index (χ0) is 18.4. The van der Waals surface area contributed by atoms with Crippen molar-refractivity contribution in [1.29, 1.82) is 0 Å². The fraction of sp³-hybridized carbons (Fsp3) is 0.263. The van der Waals surface area contributed by atoms with Crippen molar-refractivity contribution in [1.82, 2.24) is 0 Å². The third-order valence-electron chi connectivity index (χ3n) is 3.25. The van der Waals surface area contributed by atoms with E-state index in [1.807, 2.05) is 13.8 Å². The molecule has 1 amide bonds. The molecule has 0 saturated heterocycles. The lowest BCUT2D eigenvalue weighted by atomic mass is 10.2. The summed E-state index contributed by atoms with van der Waals surface area (Å²) in [5, 5.41) is 2.39. The van der Waals surface area contributed by atoms with Crippen LogP contribution < -0.4 is 10.1 Å². The number of nitrogens with one attached hydrogen (secondary N) is 1. The molecule has 0 saturated carbocycles. The molecule has 6 heteroatoms. The highest BCUT2D eigenvalue weighted by Crippen LogP contribution is 2.16. The maximum atomic E-state index is 13.5. The van der Waals surface area contributed by atoms with Gasteiger partial charge in [-0.25, -0.2) is 9.18 Å². The van der Waals surface area contributed by atoms with Gasteiger partial charge >= 0.3 is 5.97 Å². The Morgan fingerprint density at radius 3 is 2.24 bits per heavy atom. The molecule has 2 aromatic carbocycles. The molecule has 0 heterocycles. The average Bonchev–Trinajstić information content (AvgIpc) is 2.56. The monoisotopic (exact) mass is 345 g/mol. The van der Waals surface area contributed by atoms with Crippen molar-refractivity contribution >= 4 is 17.6 Å². The summed E-state index contributed by atoms with van der Waals surface area (Å²) in [5.74, 6) is -1.18. The highest BCUT2D eigenvalue weighted by Gasteiger charge is 2.20. The van der Waals surface area contributed by atoms with Crippen molar-refractivity contribution in [3.63, 3.8) is 0 Å². The van der Waals surface area contributed by atoms with E-state index in [0.717, 1.165) is 0 Å². The second-order valence-electron chi connectivity index (χ2n) is 5.71. The number of hydrogen-bond donors (Lipinski definition) is 1. The van der Waals surface area contributed by atoms with Gasteiger partial charge in [0, 0.05) is 0 Å². The van der Waals surface area contributed by atoms with Gasteiger partial charge in [0.1, 0.15) is 11.6 Å². The summed E-state index contributed by atoms with van der Waals surface area (Å²) in [6, 6.07) is 12.2. The Morgan fingerprint density at radius 2 is 1.64 bits per heavy atom. The number of benzene rings is 2. The van der Waals surface area contributed by atoms with Crippen LogP contribution in [0.5, 0.6) is 5.75 Å². The SMILES string of the molecule is CC(C)Oc1ccc(C(=O)O[C@H](C)C(=O)Nc2ccccc2F)cc1. The number of para-hydroxylation sites is 1. The number of carbonyl (C=O) groups is 2. The lowest BCUT2D eigenvalue weighted by molar-refractivity contribution is -0.123. The van der Waals surface area contributed by atoms with Crippen molar-refractivity contribution < 1.29 is 23.5 Å². The fourth-order valence-corrected chi connectivity index (χ4v) is 2.02. The standard InChI is InChI=1S/C19H20FNO4/c1-12(2)24-15-10-8-14(9-11-15)19(23)25-13(3)18(22)21-17-7-5-4-6-16(17)20/h4-13H,1-3H3,(H,21,22)/t13-/m1/s1. The molecule has 25 heavy (non-hydrogen) atoms. The Hall–Kier alpha value is -2.89. The van der Waals surface area contributed by atoms with Gasteiger partial charge < -0.3 is 14.8 Å². The van der Waals surface area contributed by atoms with Crippen molar-refractivity contribution in [2.75, 3.05) is 5.32 Å². The molecule has 5 nitrogen and oxygen atoms in total. The Labute approximate surface area is 145 Å². The highest BCUT2D eigenvalue weighted by molar-refractivity contribution is 5.97. The lowest BCUT2D eigenvalue weighted by Gasteiger charge is -2.14. The summed E-state index contributed by atoms with van der Waals surface area (Å²) < 4.78 is 24.1. The number of carbonyl (C=O) groups excluding carboxylic acids is 2. The summed E-state index contributed by atoms with van der Waals surface area (Å²) in [5.41, 5.74) is 0.326. The molecular formula is C19H20FNO4. The van der Waals surface area contributed by atoms with Crippen LogP contribution in [0.4, 0.5) is 10.1 Å². The average molecular weight is 345 g/mol. The van der Waals surface area contributed by atoms with E-state index in [1.165, 1.54) is 25.1 Å². The van der Waals surface area contributed by atoms with Gasteiger partial charge in [-0.1, -0.05) is 12.1 Å². The molecule has 0 bridgehead atoms. The summed E-state index contributed by atoms with van der Waals surface area (Å²) in [4.78, 5) is 24.1. The van der Waals surface area contributed by atoms with Gasteiger partial charge in [0.2, 0.25) is 0 Å². The Balaban J connectivity index is 1.95. The molecule has 2 aromatic rings. The van der Waals surface area contributed by atoms with Crippen LogP contribution in [0.25, 0.3) is 0 Å². The minimum atomic E-state index is -1.07. The van der Waals surface area contributed by atoms with Gasteiger partial charge in [0.05, 0.1) is 17.4 Å². The maximum Gasteiger partial charge on any atom is 0.338 e. The van der Waals surface area contributed by atoms with E-state index in [2.05, 4.69) is 5.32 Å². The zero-order valence-corrected chi connectivity index (χ0v) is 14.3. The molecule has 1 N–H and O–H groups in total. The van der Waals surface area contributed by atoms with Crippen LogP contribution in [0.2, 0.25) is 0 Å². The molecule has 132 valence electrons. The Bertz CT molecular complexity index is 743. The third-order valence-corrected chi connectivity index (χ3v) is 3.25. The second kappa shape index (κ2) is 8.28. The fourth-order valence-electron chi connectivity index (χ4n) is 2.02. The normalized spacial score (nSPS) is 11.7. The smallest absolute Gasteiger partial charge is 0.338 e. The first-order chi connectivity index (χ1) is 11.9. The molecule has 0 aromatic heterocycles. The van der Waals surface area contributed by atoms with Gasteiger partial charge in [0.15, 0.2) is 6.10 Å². The number of ether oxygens (including phenoxy) is 2. The van der Waals surface area contributed by atoms with E-state index >= 15 is 0 Å². The maximum absolute atomic E-state index is 13.5. The first-order valence-corrected chi connectivity index (χ1v) is 7.90. The second-order valence-corrected chi connectivity index (χ2v) is 5.71. The molecule has 0 aliphatic carbocycles. The Morgan fingerprint density at radius 1 is 1.00 bits per heavy atom. The molecule has 0 fully saturated rings. The molecular weight excluding hydrogens is 325 g/mol. The molecule has 1 atom stereocenters. The molecule has 0 aliphatic rings. The zero-order valence-electron chi connectivity index (χ0n) is 14.3. The van der Waals surface area contributed by atoms with Crippen molar-refractivity contribution in [3.05, 3.63) is 59.9 Å². The van der Waals surface area contributed by atoms with Gasteiger partial charge in [-0.15, -0.1) is 0 Å². The predicted molar refractivity (Wildman–Crippen MR) is 92.1 cm³/mol. The van der Waals surface area contributed by atoms with Crippen LogP contribution in [-0.2, 0) is 9.53 Å². The number of hydrogen-bond acceptors (Lipinski definition) is 4. The van der Waals surface area contributed by atoms with E-state index in [1.54, 1.807) is 30.3 Å². The number of esters is 1. The van der Waals surface area contributed by atoms with Crippen LogP contribution in [0.3, 0.4) is 0 Å². The van der Waals surface area contributed by atoms with Crippen LogP contribution in [0.15, 0.2) is 48.5 Å². The predicted octanol–water partition coefficient (Wildman–Crippen LogP) is 3.80. The number of amides is 1. The van der Waals surface area contributed by atoms with Crippen LogP contribution in [0, 0.1) is 5.82 Å². The van der Waals surface area contributed by atoms with Crippen LogP contribution >= 0.6 is 0 Å². The number of anilines is 1. The van der Waals surface area contributed by atoms with E-state index in [-0.39, 0.29) is 11.8 Å². The lowest BCUT2D eigenvalue weighted by Crippen LogP contribution is -2.30. The first-order valence-electron chi connectivity index (χ1n) is 7.90. The van der Waals surface area contributed by atoms with Crippen molar-refractivity contribution in [3.8, 4) is 5.75 Å². The van der Waals surface area contributed by atoms with E-state index in [9.17, 15) is 14.0 Å². The minimum absolute atomic E-state index is 0.0277. The summed E-state index contributed by atoms with van der Waals surface area (Å²) in [6.45, 7) is 5.22. The minimum Gasteiger partial charge on any atom is -0.491 e. The van der Waals surface area contributed by atoms with Gasteiger partial charge in [-0.05, 0) is 57.2 Å². The van der Waals surface area contributed by atoms with Gasteiger partial charge in [0.25, 0.3) is 5.91 Å². The summed E-state index contributed by atoms with van der Waals surface area (Å²) in [7, 11) is 0. The van der Waals surface area contributed by atoms with Crippen molar-refractivity contribution in [2.45, 2.75) is 33.0 Å². The van der Waals surface area contributed by atoms with E-state index < -0.39 is 23.8 Å². The third kappa shape index (κ3) is 5.31. The van der Waals surface area contributed by atoms with Crippen molar-refractivity contribution in [2.24, 2.45) is 0 Å². The summed E-state index contributed by atoms with van der Waals surface area (Å²) in [6.07, 6.45) is -1.04. The number of rotatable bonds is 6. The van der Waals surface area contributed by atoms with E-state index in [0.29, 0.717) is 11.3 Å². The number of halogens is 1. The molecule has 0 radical (unpaired) electrons. The molecule has 0 spiro atoms. The molecule has 2 rings (SSSR count). The molecule has 0 aliphatic heterocycles. The largest absolute Gasteiger partial charge is 0.491 e. The molecule has 0 unspecified atom stereocenters. The van der Waals surface area contributed by atoms with E-state index in [4.69, 9.17) is 9.47 Å². The first kappa shape index (κ1) is 18.4. The van der Waals surface area contributed by atoms with Crippen LogP contribution in [-0.4, -0.2) is 24.1 Å². The Kier molecular flexibility index (Phi) is 6.11. The van der Waals surface area contributed by atoms with Gasteiger partial charge in [-0.2, -0.15) is 0 Å². The topological polar surface area (TPSA) is 64.6 Å². The summed E-state index contributed by atoms with van der Waals surface area (Å²) >= 11 is 0. The van der Waals surface area contributed by atoms with Gasteiger partial charge in [-0.3, -0.25) is 4.79 Å². The highest BCUT2D eigenvalue weighted by atomic mass is 19.1.